The third-order valence-electron chi connectivity index (χ3n) is 2.81. The summed E-state index contributed by atoms with van der Waals surface area (Å²) >= 11 is 0. The molecular formula is C15H17ClNO-. The molecular weight excluding hydrogens is 246 g/mol. The fraction of sp³-hybridized carbons (Fsp3) is 0.200. The molecule has 0 spiro atoms. The highest BCUT2D eigenvalue weighted by Crippen LogP contribution is 2.27. The van der Waals surface area contributed by atoms with Crippen LogP contribution in [0.15, 0.2) is 49.1 Å². The van der Waals surface area contributed by atoms with Crippen LogP contribution in [0.5, 0.6) is 5.75 Å². The topological polar surface area (TPSA) is 21.3 Å². The second-order valence-corrected chi connectivity index (χ2v) is 3.89. The van der Waals surface area contributed by atoms with Gasteiger partial charge < -0.3 is 22.5 Å². The molecule has 0 saturated heterocycles. The van der Waals surface area contributed by atoms with Crippen molar-refractivity contribution in [3.05, 3.63) is 54.6 Å². The van der Waals surface area contributed by atoms with Crippen LogP contribution in [0.2, 0.25) is 0 Å². The lowest BCUT2D eigenvalue weighted by Crippen LogP contribution is -3.00. The van der Waals surface area contributed by atoms with Gasteiger partial charge in [-0.25, -0.2) is 0 Å². The molecule has 0 heterocycles. The number of benzene rings is 2. The number of halogens is 1. The Morgan fingerprint density at radius 1 is 1.22 bits per heavy atom. The molecule has 0 saturated carbocycles. The average Bonchev–Trinajstić information content (AvgIpc) is 2.39. The number of hydrogen-bond acceptors (Lipinski definition) is 2. The van der Waals surface area contributed by atoms with Gasteiger partial charge >= 0.3 is 0 Å². The minimum absolute atomic E-state index is 0. The summed E-state index contributed by atoms with van der Waals surface area (Å²) in [5, 5.41) is 5.80. The van der Waals surface area contributed by atoms with Crippen molar-refractivity contribution in [2.75, 3.05) is 13.7 Å². The predicted molar refractivity (Wildman–Crippen MR) is 72.4 cm³/mol. The standard InChI is InChI=1S/C15H17NO.ClH/c1-3-10-16-11-14-13-7-5-4-6-12(13)8-9-15(14)17-2;/h3-9,16H,1,10-11H2,2H3;1H/p-1. The zero-order valence-electron chi connectivity index (χ0n) is 10.4. The van der Waals surface area contributed by atoms with Gasteiger partial charge in [0.2, 0.25) is 0 Å². The fourth-order valence-electron chi connectivity index (χ4n) is 1.99. The molecule has 0 fully saturated rings. The number of fused-ring (bicyclic) bond motifs is 1. The van der Waals surface area contributed by atoms with E-state index >= 15 is 0 Å². The molecule has 0 aliphatic carbocycles. The van der Waals surface area contributed by atoms with Gasteiger partial charge in [0, 0.05) is 18.7 Å². The first-order valence-corrected chi connectivity index (χ1v) is 5.73. The lowest BCUT2D eigenvalue weighted by atomic mass is 10.0. The van der Waals surface area contributed by atoms with Crippen molar-refractivity contribution in [1.29, 1.82) is 0 Å². The van der Waals surface area contributed by atoms with Crippen LogP contribution in [0.25, 0.3) is 10.8 Å². The Morgan fingerprint density at radius 2 is 2.00 bits per heavy atom. The van der Waals surface area contributed by atoms with E-state index in [0.29, 0.717) is 0 Å². The number of nitrogens with one attached hydrogen (secondary N) is 1. The van der Waals surface area contributed by atoms with Crippen LogP contribution in [-0.4, -0.2) is 13.7 Å². The number of methoxy groups -OCH3 is 1. The van der Waals surface area contributed by atoms with Crippen molar-refractivity contribution in [3.8, 4) is 5.75 Å². The highest BCUT2D eigenvalue weighted by molar-refractivity contribution is 5.87. The van der Waals surface area contributed by atoms with Crippen molar-refractivity contribution in [3.63, 3.8) is 0 Å². The van der Waals surface area contributed by atoms with Gasteiger partial charge in [0.25, 0.3) is 0 Å². The van der Waals surface area contributed by atoms with Gasteiger partial charge in [-0.05, 0) is 16.8 Å². The second kappa shape index (κ2) is 7.04. The Labute approximate surface area is 114 Å². The highest BCUT2D eigenvalue weighted by Gasteiger charge is 2.06. The van der Waals surface area contributed by atoms with E-state index in [-0.39, 0.29) is 12.4 Å². The molecule has 0 aromatic heterocycles. The zero-order valence-corrected chi connectivity index (χ0v) is 11.2. The second-order valence-electron chi connectivity index (χ2n) is 3.89. The summed E-state index contributed by atoms with van der Waals surface area (Å²) in [6.45, 7) is 5.29. The number of rotatable bonds is 5. The molecule has 3 heteroatoms. The summed E-state index contributed by atoms with van der Waals surface area (Å²) in [6, 6.07) is 12.5. The Bertz CT molecular complexity index is 525. The zero-order chi connectivity index (χ0) is 12.1. The minimum atomic E-state index is 0. The van der Waals surface area contributed by atoms with Crippen LogP contribution in [0.4, 0.5) is 0 Å². The van der Waals surface area contributed by atoms with Crippen molar-refractivity contribution in [2.24, 2.45) is 0 Å². The third-order valence-corrected chi connectivity index (χ3v) is 2.81. The minimum Gasteiger partial charge on any atom is -1.00 e. The summed E-state index contributed by atoms with van der Waals surface area (Å²) in [5.74, 6) is 0.931. The van der Waals surface area contributed by atoms with E-state index in [9.17, 15) is 0 Å². The first kappa shape index (κ1) is 14.6. The van der Waals surface area contributed by atoms with Crippen molar-refractivity contribution >= 4 is 10.8 Å². The van der Waals surface area contributed by atoms with Crippen LogP contribution < -0.4 is 22.5 Å². The van der Waals surface area contributed by atoms with Crippen molar-refractivity contribution < 1.29 is 17.1 Å². The smallest absolute Gasteiger partial charge is 0.123 e. The van der Waals surface area contributed by atoms with E-state index in [2.05, 4.69) is 42.2 Å². The molecule has 18 heavy (non-hydrogen) atoms. The summed E-state index contributed by atoms with van der Waals surface area (Å²) < 4.78 is 5.42. The Hall–Kier alpha value is -1.51. The van der Waals surface area contributed by atoms with Crippen LogP contribution in [0.1, 0.15) is 5.56 Å². The lowest BCUT2D eigenvalue weighted by molar-refractivity contribution is -0.00000370. The molecule has 2 aromatic carbocycles. The van der Waals surface area contributed by atoms with E-state index in [1.807, 2.05) is 12.1 Å². The van der Waals surface area contributed by atoms with E-state index in [1.54, 1.807) is 7.11 Å². The first-order valence-electron chi connectivity index (χ1n) is 5.73. The molecule has 0 amide bonds. The summed E-state index contributed by atoms with van der Waals surface area (Å²) in [5.41, 5.74) is 1.20. The molecule has 0 radical (unpaired) electrons. The monoisotopic (exact) mass is 262 g/mol. The summed E-state index contributed by atoms with van der Waals surface area (Å²) in [7, 11) is 1.71. The molecule has 0 unspecified atom stereocenters. The van der Waals surface area contributed by atoms with Gasteiger partial charge in [-0.3, -0.25) is 0 Å². The van der Waals surface area contributed by atoms with Crippen LogP contribution in [0, 0.1) is 0 Å². The van der Waals surface area contributed by atoms with Gasteiger partial charge in [0.05, 0.1) is 7.11 Å². The van der Waals surface area contributed by atoms with Crippen molar-refractivity contribution in [1.82, 2.24) is 5.32 Å². The van der Waals surface area contributed by atoms with Crippen LogP contribution >= 0.6 is 0 Å². The molecule has 2 nitrogen and oxygen atoms in total. The van der Waals surface area contributed by atoms with E-state index < -0.39 is 0 Å². The van der Waals surface area contributed by atoms with Crippen molar-refractivity contribution in [2.45, 2.75) is 6.54 Å². The quantitative estimate of drug-likeness (QED) is 0.611. The molecule has 0 aliphatic rings. The maximum Gasteiger partial charge on any atom is 0.123 e. The maximum absolute atomic E-state index is 5.42. The molecule has 96 valence electrons. The number of ether oxygens (including phenoxy) is 1. The molecule has 2 aromatic rings. The van der Waals surface area contributed by atoms with E-state index in [1.165, 1.54) is 16.3 Å². The van der Waals surface area contributed by atoms with Gasteiger partial charge in [0.1, 0.15) is 5.75 Å². The molecule has 0 atom stereocenters. The first-order chi connectivity index (χ1) is 8.36. The van der Waals surface area contributed by atoms with E-state index in [0.717, 1.165) is 18.8 Å². The third kappa shape index (κ3) is 3.03. The van der Waals surface area contributed by atoms with Gasteiger partial charge in [0.15, 0.2) is 0 Å². The molecule has 0 bridgehead atoms. The average molecular weight is 263 g/mol. The summed E-state index contributed by atoms with van der Waals surface area (Å²) in [4.78, 5) is 0. The molecule has 0 aliphatic heterocycles. The highest BCUT2D eigenvalue weighted by atomic mass is 35.5. The maximum atomic E-state index is 5.42. The van der Waals surface area contributed by atoms with Crippen LogP contribution in [0.3, 0.4) is 0 Å². The lowest BCUT2D eigenvalue weighted by Gasteiger charge is -2.12. The van der Waals surface area contributed by atoms with Crippen LogP contribution in [-0.2, 0) is 6.54 Å². The number of hydrogen-bond donors (Lipinski definition) is 1. The Balaban J connectivity index is 0.00000162. The molecule has 1 N–H and O–H groups in total. The Morgan fingerprint density at radius 3 is 2.72 bits per heavy atom. The predicted octanol–water partition coefficient (Wildman–Crippen LogP) is 0.128. The summed E-state index contributed by atoms with van der Waals surface area (Å²) in [6.07, 6.45) is 1.86. The molecule has 2 rings (SSSR count). The van der Waals surface area contributed by atoms with Gasteiger partial charge in [-0.1, -0.05) is 36.4 Å². The SMILES string of the molecule is C=CCNCc1c(OC)ccc2ccccc12.[Cl-]. The largest absolute Gasteiger partial charge is 1.00 e. The van der Waals surface area contributed by atoms with Gasteiger partial charge in [-0.15, -0.1) is 6.58 Å². The van der Waals surface area contributed by atoms with Gasteiger partial charge in [-0.2, -0.15) is 0 Å². The fourth-order valence-corrected chi connectivity index (χ4v) is 1.99. The normalized spacial score (nSPS) is 9.83. The Kier molecular flexibility index (Phi) is 5.69. The van der Waals surface area contributed by atoms with E-state index in [4.69, 9.17) is 4.74 Å².